The first-order valence-corrected chi connectivity index (χ1v) is 5.16. The Balaban J connectivity index is 3.65. The maximum absolute atomic E-state index is 8.63. The van der Waals surface area contributed by atoms with Crippen molar-refractivity contribution in [2.75, 3.05) is 0 Å². The predicted octanol–water partition coefficient (Wildman–Crippen LogP) is 3.03. The second kappa shape index (κ2) is 8.53. The van der Waals surface area contributed by atoms with Gasteiger partial charge in [0.2, 0.25) is 0 Å². The zero-order valence-corrected chi connectivity index (χ0v) is 9.03. The van der Waals surface area contributed by atoms with Crippen molar-refractivity contribution in [3.05, 3.63) is 0 Å². The molecule has 82 valence electrons. The van der Waals surface area contributed by atoms with Crippen molar-refractivity contribution in [1.82, 2.24) is 0 Å². The molecule has 0 saturated carbocycles. The molecule has 0 aromatic rings. The summed E-state index contributed by atoms with van der Waals surface area (Å²) >= 11 is 0. The van der Waals surface area contributed by atoms with Crippen LogP contribution in [0.3, 0.4) is 0 Å². The fraction of sp³-hybridized carbons (Fsp3) is 0.800. The van der Waals surface area contributed by atoms with Gasteiger partial charge in [-0.2, -0.15) is 0 Å². The molecule has 0 aromatic carbocycles. The summed E-state index contributed by atoms with van der Waals surface area (Å²) in [6.45, 7) is 3.80. The third-order valence-electron chi connectivity index (χ3n) is 2.21. The number of hydrogen-bond donors (Lipinski definition) is 2. The highest BCUT2D eigenvalue weighted by atomic mass is 16.4. The van der Waals surface area contributed by atoms with Crippen LogP contribution in [0.1, 0.15) is 52.4 Å². The van der Waals surface area contributed by atoms with E-state index < -0.39 is 0 Å². The van der Waals surface area contributed by atoms with Crippen LogP contribution >= 0.6 is 0 Å². The highest BCUT2D eigenvalue weighted by Crippen LogP contribution is 2.06. The third kappa shape index (κ3) is 5.56. The summed E-state index contributed by atoms with van der Waals surface area (Å²) < 4.78 is 0. The molecular formula is C10H20N2O2. The van der Waals surface area contributed by atoms with Crippen LogP contribution in [0.15, 0.2) is 10.3 Å². The molecule has 0 atom stereocenters. The lowest BCUT2D eigenvalue weighted by atomic mass is 10.1. The topological polar surface area (TPSA) is 65.2 Å². The second-order valence-corrected chi connectivity index (χ2v) is 3.40. The summed E-state index contributed by atoms with van der Waals surface area (Å²) in [5.41, 5.74) is 0.868. The average Bonchev–Trinajstić information content (AvgIpc) is 2.22. The first-order chi connectivity index (χ1) is 6.76. The van der Waals surface area contributed by atoms with Crippen LogP contribution in [0.25, 0.3) is 0 Å². The minimum atomic E-state index is 0.392. The molecular weight excluding hydrogens is 180 g/mol. The van der Waals surface area contributed by atoms with Gasteiger partial charge in [-0.3, -0.25) is 0 Å². The molecule has 0 aliphatic heterocycles. The molecule has 0 bridgehead atoms. The van der Waals surface area contributed by atoms with E-state index in [4.69, 9.17) is 10.4 Å². The maximum Gasteiger partial charge on any atom is 0.104 e. The SMILES string of the molecule is CCCCCCCC(=N/O)/C(C)=N/O. The summed E-state index contributed by atoms with van der Waals surface area (Å²) in [6.07, 6.45) is 6.47. The van der Waals surface area contributed by atoms with Crippen LogP contribution in [-0.2, 0) is 0 Å². The Morgan fingerprint density at radius 3 is 2.14 bits per heavy atom. The Kier molecular flexibility index (Phi) is 7.89. The second-order valence-electron chi connectivity index (χ2n) is 3.40. The van der Waals surface area contributed by atoms with Crippen LogP contribution in [-0.4, -0.2) is 21.8 Å². The standard InChI is InChI=1S/C10H20N2O2/c1-3-4-5-6-7-8-10(12-14)9(2)11-13/h13-14H,3-8H2,1-2H3/b11-9+,12-10-. The van der Waals surface area contributed by atoms with Crippen molar-refractivity contribution in [3.8, 4) is 0 Å². The normalized spacial score (nSPS) is 13.3. The molecule has 0 rings (SSSR count). The van der Waals surface area contributed by atoms with E-state index in [-0.39, 0.29) is 0 Å². The molecule has 0 saturated heterocycles. The van der Waals surface area contributed by atoms with Gasteiger partial charge in [-0.15, -0.1) is 0 Å². The molecule has 0 heterocycles. The Labute approximate surface area is 85.3 Å². The summed E-state index contributed by atoms with van der Waals surface area (Å²) in [5.74, 6) is 0. The number of nitrogens with zero attached hydrogens (tertiary/aromatic N) is 2. The van der Waals surface area contributed by atoms with Gasteiger partial charge in [-0.05, 0) is 19.8 Å². The van der Waals surface area contributed by atoms with Gasteiger partial charge in [0.05, 0.1) is 0 Å². The van der Waals surface area contributed by atoms with Crippen molar-refractivity contribution >= 4 is 11.4 Å². The highest BCUT2D eigenvalue weighted by Gasteiger charge is 2.04. The van der Waals surface area contributed by atoms with Crippen LogP contribution in [0.4, 0.5) is 0 Å². The third-order valence-corrected chi connectivity index (χ3v) is 2.21. The quantitative estimate of drug-likeness (QED) is 0.287. The van der Waals surface area contributed by atoms with Gasteiger partial charge in [0.25, 0.3) is 0 Å². The molecule has 0 aliphatic carbocycles. The number of oxime groups is 2. The monoisotopic (exact) mass is 200 g/mol. The van der Waals surface area contributed by atoms with E-state index in [1.54, 1.807) is 6.92 Å². The zero-order chi connectivity index (χ0) is 10.8. The van der Waals surface area contributed by atoms with Gasteiger partial charge >= 0.3 is 0 Å². The average molecular weight is 200 g/mol. The molecule has 0 aromatic heterocycles. The van der Waals surface area contributed by atoms with Crippen molar-refractivity contribution in [2.45, 2.75) is 52.4 Å². The minimum absolute atomic E-state index is 0.392. The molecule has 0 spiro atoms. The van der Waals surface area contributed by atoms with E-state index in [1.165, 1.54) is 19.3 Å². The summed E-state index contributed by atoms with van der Waals surface area (Å²) in [6, 6.07) is 0. The molecule has 0 fully saturated rings. The van der Waals surface area contributed by atoms with Crippen LogP contribution in [0, 0.1) is 0 Å². The molecule has 14 heavy (non-hydrogen) atoms. The van der Waals surface area contributed by atoms with E-state index in [0.717, 1.165) is 12.8 Å². The Morgan fingerprint density at radius 1 is 1.00 bits per heavy atom. The summed E-state index contributed by atoms with van der Waals surface area (Å²) in [7, 11) is 0. The lowest BCUT2D eigenvalue weighted by Gasteiger charge is -2.02. The van der Waals surface area contributed by atoms with Crippen molar-refractivity contribution in [2.24, 2.45) is 10.3 Å². The van der Waals surface area contributed by atoms with Gasteiger partial charge in [-0.1, -0.05) is 42.9 Å². The fourth-order valence-electron chi connectivity index (χ4n) is 1.26. The van der Waals surface area contributed by atoms with E-state index in [2.05, 4.69) is 17.2 Å². The lowest BCUT2D eigenvalue weighted by Crippen LogP contribution is -2.10. The van der Waals surface area contributed by atoms with Crippen molar-refractivity contribution in [1.29, 1.82) is 0 Å². The lowest BCUT2D eigenvalue weighted by molar-refractivity contribution is 0.312. The Morgan fingerprint density at radius 2 is 1.64 bits per heavy atom. The first-order valence-electron chi connectivity index (χ1n) is 5.16. The maximum atomic E-state index is 8.63. The fourth-order valence-corrected chi connectivity index (χ4v) is 1.26. The van der Waals surface area contributed by atoms with E-state index in [9.17, 15) is 0 Å². The van der Waals surface area contributed by atoms with Gasteiger partial charge in [-0.25, -0.2) is 0 Å². The van der Waals surface area contributed by atoms with Crippen molar-refractivity contribution in [3.63, 3.8) is 0 Å². The first kappa shape index (κ1) is 12.9. The molecule has 0 aliphatic rings. The molecule has 2 N–H and O–H groups in total. The smallest absolute Gasteiger partial charge is 0.104 e. The van der Waals surface area contributed by atoms with Gasteiger partial charge < -0.3 is 10.4 Å². The highest BCUT2D eigenvalue weighted by molar-refractivity contribution is 6.41. The molecule has 0 radical (unpaired) electrons. The van der Waals surface area contributed by atoms with Crippen LogP contribution < -0.4 is 0 Å². The predicted molar refractivity (Wildman–Crippen MR) is 57.5 cm³/mol. The number of unbranched alkanes of at least 4 members (excludes halogenated alkanes) is 4. The Hall–Kier alpha value is -1.06. The van der Waals surface area contributed by atoms with E-state index >= 15 is 0 Å². The molecule has 4 heteroatoms. The Bertz CT molecular complexity index is 200. The minimum Gasteiger partial charge on any atom is -0.411 e. The van der Waals surface area contributed by atoms with Gasteiger partial charge in [0.1, 0.15) is 11.4 Å². The number of hydrogen-bond acceptors (Lipinski definition) is 4. The number of rotatable bonds is 7. The van der Waals surface area contributed by atoms with Crippen LogP contribution in [0.5, 0.6) is 0 Å². The molecule has 0 unspecified atom stereocenters. The summed E-state index contributed by atoms with van der Waals surface area (Å²) in [5, 5.41) is 23.2. The van der Waals surface area contributed by atoms with E-state index in [0.29, 0.717) is 17.8 Å². The summed E-state index contributed by atoms with van der Waals surface area (Å²) in [4.78, 5) is 0. The van der Waals surface area contributed by atoms with Gasteiger partial charge in [0.15, 0.2) is 0 Å². The van der Waals surface area contributed by atoms with E-state index in [1.807, 2.05) is 0 Å². The van der Waals surface area contributed by atoms with Gasteiger partial charge in [0, 0.05) is 0 Å². The molecule has 4 nitrogen and oxygen atoms in total. The zero-order valence-electron chi connectivity index (χ0n) is 9.03. The van der Waals surface area contributed by atoms with Crippen molar-refractivity contribution < 1.29 is 10.4 Å². The molecule has 0 amide bonds. The van der Waals surface area contributed by atoms with Crippen LogP contribution in [0.2, 0.25) is 0 Å². The largest absolute Gasteiger partial charge is 0.411 e.